The molecule has 0 saturated carbocycles. The Bertz CT molecular complexity index is 552. The van der Waals surface area contributed by atoms with Gasteiger partial charge in [-0.05, 0) is 18.1 Å². The number of carbonyl (C=O) groups excluding carboxylic acids is 2. The summed E-state index contributed by atoms with van der Waals surface area (Å²) in [7, 11) is 0. The van der Waals surface area contributed by atoms with E-state index in [0.29, 0.717) is 19.7 Å². The van der Waals surface area contributed by atoms with Crippen molar-refractivity contribution < 1.29 is 14.3 Å². The Hall–Kier alpha value is -2.15. The zero-order valence-electron chi connectivity index (χ0n) is 13.2. The zero-order valence-corrected chi connectivity index (χ0v) is 13.2. The minimum atomic E-state index is -0.383. The summed E-state index contributed by atoms with van der Waals surface area (Å²) in [5, 5.41) is 0. The summed E-state index contributed by atoms with van der Waals surface area (Å²) in [5.74, 6) is 0.00655. The van der Waals surface area contributed by atoms with Crippen molar-refractivity contribution in [3.63, 3.8) is 0 Å². The van der Waals surface area contributed by atoms with Gasteiger partial charge in [-0.1, -0.05) is 6.07 Å². The Kier molecular flexibility index (Phi) is 5.07. The van der Waals surface area contributed by atoms with Gasteiger partial charge in [-0.3, -0.25) is 19.6 Å². The summed E-state index contributed by atoms with van der Waals surface area (Å²) in [6, 6.07) is 4.01. The second-order valence-electron chi connectivity index (χ2n) is 5.91. The molecule has 0 radical (unpaired) electrons. The van der Waals surface area contributed by atoms with Crippen molar-refractivity contribution in [1.82, 2.24) is 19.7 Å². The summed E-state index contributed by atoms with van der Waals surface area (Å²) in [5.41, 5.74) is 1.19. The van der Waals surface area contributed by atoms with Crippen LogP contribution in [0, 0.1) is 0 Å². The lowest BCUT2D eigenvalue weighted by molar-refractivity contribution is -0.131. The van der Waals surface area contributed by atoms with Gasteiger partial charge in [0.1, 0.15) is 13.2 Å². The van der Waals surface area contributed by atoms with Crippen molar-refractivity contribution in [2.75, 3.05) is 45.9 Å². The smallest absolute Gasteiger partial charge is 0.410 e. The number of cyclic esters (lactones) is 1. The summed E-state index contributed by atoms with van der Waals surface area (Å²) >= 11 is 0. The molecule has 3 rings (SSSR count). The molecule has 0 atom stereocenters. The molecule has 124 valence electrons. The van der Waals surface area contributed by atoms with E-state index in [1.54, 1.807) is 6.20 Å². The SMILES string of the molecule is O=C(CN1CCOC1=O)N1CCCN(Cc2cccnc2)CC1. The molecular weight excluding hydrogens is 296 g/mol. The first-order valence-electron chi connectivity index (χ1n) is 8.03. The first-order valence-corrected chi connectivity index (χ1v) is 8.03. The summed E-state index contributed by atoms with van der Waals surface area (Å²) in [6.07, 6.45) is 4.21. The molecule has 3 heterocycles. The van der Waals surface area contributed by atoms with Crippen LogP contribution in [-0.4, -0.2) is 77.6 Å². The van der Waals surface area contributed by atoms with Crippen LogP contribution in [0.4, 0.5) is 4.79 Å². The van der Waals surface area contributed by atoms with Crippen molar-refractivity contribution in [3.8, 4) is 0 Å². The fourth-order valence-electron chi connectivity index (χ4n) is 2.96. The predicted octanol–water partition coefficient (Wildman–Crippen LogP) is 0.568. The second-order valence-corrected chi connectivity index (χ2v) is 5.91. The van der Waals surface area contributed by atoms with E-state index in [0.717, 1.165) is 32.6 Å². The number of amides is 2. The molecule has 0 spiro atoms. The highest BCUT2D eigenvalue weighted by molar-refractivity contribution is 5.82. The molecule has 0 aromatic carbocycles. The van der Waals surface area contributed by atoms with Gasteiger partial charge in [-0.15, -0.1) is 0 Å². The largest absolute Gasteiger partial charge is 0.448 e. The third-order valence-electron chi connectivity index (χ3n) is 4.24. The molecule has 2 aliphatic heterocycles. The highest BCUT2D eigenvalue weighted by Crippen LogP contribution is 2.10. The Morgan fingerprint density at radius 3 is 2.87 bits per heavy atom. The van der Waals surface area contributed by atoms with E-state index in [2.05, 4.69) is 16.0 Å². The molecule has 0 bridgehead atoms. The summed E-state index contributed by atoms with van der Waals surface area (Å²) < 4.78 is 4.86. The first kappa shape index (κ1) is 15.7. The predicted molar refractivity (Wildman–Crippen MR) is 83.6 cm³/mol. The maximum atomic E-state index is 12.4. The van der Waals surface area contributed by atoms with Crippen LogP contribution in [0.3, 0.4) is 0 Å². The lowest BCUT2D eigenvalue weighted by Gasteiger charge is -2.23. The fourth-order valence-corrected chi connectivity index (χ4v) is 2.96. The highest BCUT2D eigenvalue weighted by atomic mass is 16.6. The van der Waals surface area contributed by atoms with E-state index >= 15 is 0 Å². The third-order valence-corrected chi connectivity index (χ3v) is 4.24. The molecule has 0 unspecified atom stereocenters. The Labute approximate surface area is 135 Å². The van der Waals surface area contributed by atoms with Gasteiger partial charge in [0.25, 0.3) is 0 Å². The molecule has 7 nitrogen and oxygen atoms in total. The van der Waals surface area contributed by atoms with Gasteiger partial charge in [-0.2, -0.15) is 0 Å². The molecule has 2 aliphatic rings. The molecule has 1 aromatic heterocycles. The fraction of sp³-hybridized carbons (Fsp3) is 0.562. The molecule has 7 heteroatoms. The van der Waals surface area contributed by atoms with Crippen molar-refractivity contribution in [2.45, 2.75) is 13.0 Å². The summed E-state index contributed by atoms with van der Waals surface area (Å²) in [4.78, 5) is 33.6. The maximum Gasteiger partial charge on any atom is 0.410 e. The number of carbonyl (C=O) groups is 2. The molecule has 23 heavy (non-hydrogen) atoms. The van der Waals surface area contributed by atoms with Gasteiger partial charge in [-0.25, -0.2) is 4.79 Å². The highest BCUT2D eigenvalue weighted by Gasteiger charge is 2.27. The van der Waals surface area contributed by atoms with Gasteiger partial charge in [0.15, 0.2) is 0 Å². The van der Waals surface area contributed by atoms with Crippen molar-refractivity contribution in [3.05, 3.63) is 30.1 Å². The van der Waals surface area contributed by atoms with Gasteiger partial charge in [0.2, 0.25) is 5.91 Å². The van der Waals surface area contributed by atoms with Crippen molar-refractivity contribution in [1.29, 1.82) is 0 Å². The number of aromatic nitrogens is 1. The van der Waals surface area contributed by atoms with Crippen LogP contribution in [0.5, 0.6) is 0 Å². The van der Waals surface area contributed by atoms with E-state index in [1.165, 1.54) is 10.5 Å². The lowest BCUT2D eigenvalue weighted by Crippen LogP contribution is -2.42. The van der Waals surface area contributed by atoms with Gasteiger partial charge >= 0.3 is 6.09 Å². The number of nitrogens with zero attached hydrogens (tertiary/aromatic N) is 4. The van der Waals surface area contributed by atoms with Crippen LogP contribution < -0.4 is 0 Å². The van der Waals surface area contributed by atoms with Gasteiger partial charge < -0.3 is 9.64 Å². The van der Waals surface area contributed by atoms with E-state index in [-0.39, 0.29) is 18.5 Å². The van der Waals surface area contributed by atoms with E-state index < -0.39 is 0 Å². The molecule has 0 aliphatic carbocycles. The van der Waals surface area contributed by atoms with E-state index in [9.17, 15) is 9.59 Å². The quantitative estimate of drug-likeness (QED) is 0.812. The van der Waals surface area contributed by atoms with Crippen LogP contribution in [0.2, 0.25) is 0 Å². The molecular formula is C16H22N4O3. The normalized spacial score (nSPS) is 19.6. The number of ether oxygens (including phenoxy) is 1. The Morgan fingerprint density at radius 1 is 1.22 bits per heavy atom. The van der Waals surface area contributed by atoms with E-state index in [1.807, 2.05) is 17.2 Å². The monoisotopic (exact) mass is 318 g/mol. The summed E-state index contributed by atoms with van der Waals surface area (Å²) in [6.45, 7) is 5.11. The first-order chi connectivity index (χ1) is 11.2. The van der Waals surface area contributed by atoms with Gasteiger partial charge in [0, 0.05) is 45.1 Å². The Morgan fingerprint density at radius 2 is 2.13 bits per heavy atom. The van der Waals surface area contributed by atoms with Gasteiger partial charge in [0.05, 0.1) is 6.54 Å². The molecule has 1 aromatic rings. The molecule has 2 fully saturated rings. The molecule has 0 N–H and O–H groups in total. The Balaban J connectivity index is 1.49. The average molecular weight is 318 g/mol. The number of hydrogen-bond donors (Lipinski definition) is 0. The lowest BCUT2D eigenvalue weighted by atomic mass is 10.2. The number of hydrogen-bond acceptors (Lipinski definition) is 5. The van der Waals surface area contributed by atoms with Crippen LogP contribution in [-0.2, 0) is 16.1 Å². The standard InChI is InChI=1S/C16H22N4O3/c21-15(13-20-9-10-23-16(20)22)19-6-2-5-18(7-8-19)12-14-3-1-4-17-11-14/h1,3-4,11H,2,5-10,12-13H2. The second kappa shape index (κ2) is 7.41. The molecule has 2 amide bonds. The minimum absolute atomic E-state index is 0.00655. The van der Waals surface area contributed by atoms with E-state index in [4.69, 9.17) is 4.74 Å². The van der Waals surface area contributed by atoms with Crippen molar-refractivity contribution in [2.24, 2.45) is 0 Å². The van der Waals surface area contributed by atoms with Crippen LogP contribution in [0.25, 0.3) is 0 Å². The molecule has 2 saturated heterocycles. The van der Waals surface area contributed by atoms with Crippen LogP contribution in [0.15, 0.2) is 24.5 Å². The zero-order chi connectivity index (χ0) is 16.1. The third kappa shape index (κ3) is 4.19. The average Bonchev–Trinajstić information content (AvgIpc) is 2.82. The number of rotatable bonds is 4. The van der Waals surface area contributed by atoms with Crippen LogP contribution in [0.1, 0.15) is 12.0 Å². The minimum Gasteiger partial charge on any atom is -0.448 e. The van der Waals surface area contributed by atoms with Crippen LogP contribution >= 0.6 is 0 Å². The van der Waals surface area contributed by atoms with Crippen molar-refractivity contribution >= 4 is 12.0 Å². The topological polar surface area (TPSA) is 66.0 Å². The number of pyridine rings is 1. The maximum absolute atomic E-state index is 12.4.